The van der Waals surface area contributed by atoms with Gasteiger partial charge in [0.05, 0.1) is 0 Å². The Morgan fingerprint density at radius 2 is 2.11 bits per heavy atom. The van der Waals surface area contributed by atoms with Gasteiger partial charge in [0, 0.05) is 11.0 Å². The second kappa shape index (κ2) is 3.64. The molecule has 0 aromatic rings. The van der Waals surface area contributed by atoms with E-state index in [1.807, 2.05) is 11.8 Å². The van der Waals surface area contributed by atoms with Crippen molar-refractivity contribution in [2.24, 2.45) is 5.11 Å². The van der Waals surface area contributed by atoms with E-state index in [-0.39, 0.29) is 6.04 Å². The predicted octanol–water partition coefficient (Wildman–Crippen LogP) is 2.19. The van der Waals surface area contributed by atoms with Crippen LogP contribution in [0.5, 0.6) is 0 Å². The molecule has 1 rings (SSSR count). The van der Waals surface area contributed by atoms with Gasteiger partial charge in [-0.3, -0.25) is 0 Å². The Morgan fingerprint density at radius 1 is 1.44 bits per heavy atom. The summed E-state index contributed by atoms with van der Waals surface area (Å²) in [6.45, 7) is 0. The number of azide groups is 1. The Morgan fingerprint density at radius 3 is 2.67 bits per heavy atom. The summed E-state index contributed by atoms with van der Waals surface area (Å²) >= 11 is 1.94. The first-order chi connectivity index (χ1) is 4.43. The van der Waals surface area contributed by atoms with Gasteiger partial charge >= 0.3 is 0 Å². The van der Waals surface area contributed by atoms with Gasteiger partial charge in [-0.2, -0.15) is 11.8 Å². The molecule has 4 heteroatoms. The van der Waals surface area contributed by atoms with Gasteiger partial charge in [-0.05, 0) is 29.9 Å². The molecular weight excluding hydrogens is 134 g/mol. The van der Waals surface area contributed by atoms with Crippen LogP contribution < -0.4 is 0 Å². The second-order valence-electron chi connectivity index (χ2n) is 2.05. The summed E-state index contributed by atoms with van der Waals surface area (Å²) in [5.41, 5.74) is 8.07. The Balaban J connectivity index is 2.31. The first-order valence-electron chi connectivity index (χ1n) is 3.05. The van der Waals surface area contributed by atoms with Crippen LogP contribution in [0.1, 0.15) is 12.8 Å². The molecule has 0 N–H and O–H groups in total. The summed E-state index contributed by atoms with van der Waals surface area (Å²) in [4.78, 5) is 2.78. The first kappa shape index (κ1) is 6.78. The van der Waals surface area contributed by atoms with E-state index in [9.17, 15) is 0 Å². The average molecular weight is 143 g/mol. The fourth-order valence-electron chi connectivity index (χ4n) is 0.874. The van der Waals surface area contributed by atoms with Crippen molar-refractivity contribution in [1.29, 1.82) is 0 Å². The molecule has 1 aliphatic rings. The Hall–Kier alpha value is -0.340. The quantitative estimate of drug-likeness (QED) is 0.315. The lowest BCUT2D eigenvalue weighted by Crippen LogP contribution is -2.11. The lowest BCUT2D eigenvalue weighted by Gasteiger charge is -2.15. The molecule has 0 aromatic heterocycles. The Kier molecular flexibility index (Phi) is 2.74. The summed E-state index contributed by atoms with van der Waals surface area (Å²) in [5, 5.41) is 3.65. The van der Waals surface area contributed by atoms with Crippen molar-refractivity contribution in [2.75, 3.05) is 11.5 Å². The van der Waals surface area contributed by atoms with Crippen LogP contribution in [0.4, 0.5) is 0 Å². The average Bonchev–Trinajstić information content (AvgIpc) is 1.91. The largest absolute Gasteiger partial charge is 0.162 e. The highest BCUT2D eigenvalue weighted by molar-refractivity contribution is 7.99. The second-order valence-corrected chi connectivity index (χ2v) is 3.27. The Labute approximate surface area is 58.5 Å². The summed E-state index contributed by atoms with van der Waals surface area (Å²) in [6, 6.07) is 0.288. The molecule has 0 atom stereocenters. The molecule has 0 aliphatic carbocycles. The van der Waals surface area contributed by atoms with Crippen LogP contribution in [0.25, 0.3) is 10.4 Å². The van der Waals surface area contributed by atoms with Crippen molar-refractivity contribution in [3.63, 3.8) is 0 Å². The van der Waals surface area contributed by atoms with E-state index in [0.717, 1.165) is 24.3 Å². The molecule has 0 bridgehead atoms. The van der Waals surface area contributed by atoms with Crippen molar-refractivity contribution in [1.82, 2.24) is 0 Å². The molecule has 1 aliphatic heterocycles. The fraction of sp³-hybridized carbons (Fsp3) is 1.00. The standard InChI is InChI=1S/C5H9N3S/c6-8-7-5-1-3-9-4-2-5/h5H,1-4H2. The van der Waals surface area contributed by atoms with E-state index in [4.69, 9.17) is 5.53 Å². The maximum absolute atomic E-state index is 8.07. The van der Waals surface area contributed by atoms with Crippen LogP contribution in [-0.2, 0) is 0 Å². The summed E-state index contributed by atoms with van der Waals surface area (Å²) in [5.74, 6) is 2.31. The molecule has 0 radical (unpaired) electrons. The van der Waals surface area contributed by atoms with E-state index >= 15 is 0 Å². The highest BCUT2D eigenvalue weighted by Gasteiger charge is 2.10. The molecule has 50 valence electrons. The number of thioether (sulfide) groups is 1. The molecule has 0 spiro atoms. The van der Waals surface area contributed by atoms with Gasteiger partial charge in [-0.1, -0.05) is 5.11 Å². The van der Waals surface area contributed by atoms with Gasteiger partial charge < -0.3 is 0 Å². The number of rotatable bonds is 1. The van der Waals surface area contributed by atoms with Gasteiger partial charge in [0.2, 0.25) is 0 Å². The summed E-state index contributed by atoms with van der Waals surface area (Å²) in [7, 11) is 0. The number of hydrogen-bond acceptors (Lipinski definition) is 2. The minimum atomic E-state index is 0.288. The smallest absolute Gasteiger partial charge is 0.0389 e. The molecule has 0 aromatic carbocycles. The number of hydrogen-bond donors (Lipinski definition) is 0. The van der Waals surface area contributed by atoms with E-state index in [2.05, 4.69) is 10.0 Å². The molecule has 1 heterocycles. The highest BCUT2D eigenvalue weighted by atomic mass is 32.2. The fourth-order valence-corrected chi connectivity index (χ4v) is 1.96. The molecule has 0 amide bonds. The van der Waals surface area contributed by atoms with Crippen LogP contribution in [0.3, 0.4) is 0 Å². The SMILES string of the molecule is [N-]=[N+]=NC1CCSCC1. The third kappa shape index (κ3) is 2.16. The van der Waals surface area contributed by atoms with Crippen molar-refractivity contribution in [3.05, 3.63) is 10.4 Å². The third-order valence-corrected chi connectivity index (χ3v) is 2.45. The van der Waals surface area contributed by atoms with Crippen LogP contribution in [0.15, 0.2) is 5.11 Å². The van der Waals surface area contributed by atoms with E-state index in [0.29, 0.717) is 0 Å². The van der Waals surface area contributed by atoms with E-state index in [1.54, 1.807) is 0 Å². The maximum Gasteiger partial charge on any atom is 0.0389 e. The first-order valence-corrected chi connectivity index (χ1v) is 4.21. The molecule has 1 saturated heterocycles. The van der Waals surface area contributed by atoms with Crippen molar-refractivity contribution in [3.8, 4) is 0 Å². The lowest BCUT2D eigenvalue weighted by molar-refractivity contribution is 0.621. The van der Waals surface area contributed by atoms with Crippen molar-refractivity contribution >= 4 is 11.8 Å². The normalized spacial score (nSPS) is 20.9. The molecule has 3 nitrogen and oxygen atoms in total. The van der Waals surface area contributed by atoms with Gasteiger partial charge in [-0.25, -0.2) is 0 Å². The lowest BCUT2D eigenvalue weighted by atomic mass is 10.2. The van der Waals surface area contributed by atoms with Crippen LogP contribution in [-0.4, -0.2) is 17.5 Å². The van der Waals surface area contributed by atoms with Crippen molar-refractivity contribution < 1.29 is 0 Å². The third-order valence-electron chi connectivity index (χ3n) is 1.41. The molecular formula is C5H9N3S. The van der Waals surface area contributed by atoms with Gasteiger partial charge in [0.15, 0.2) is 0 Å². The topological polar surface area (TPSA) is 48.8 Å². The number of nitrogens with zero attached hydrogens (tertiary/aromatic N) is 3. The molecule has 9 heavy (non-hydrogen) atoms. The summed E-state index contributed by atoms with van der Waals surface area (Å²) < 4.78 is 0. The molecule has 0 saturated carbocycles. The van der Waals surface area contributed by atoms with Gasteiger partial charge in [0.25, 0.3) is 0 Å². The predicted molar refractivity (Wildman–Crippen MR) is 39.5 cm³/mol. The minimum absolute atomic E-state index is 0.288. The Bertz CT molecular complexity index is 124. The van der Waals surface area contributed by atoms with Gasteiger partial charge in [-0.15, -0.1) is 0 Å². The van der Waals surface area contributed by atoms with Crippen molar-refractivity contribution in [2.45, 2.75) is 18.9 Å². The zero-order chi connectivity index (χ0) is 6.53. The van der Waals surface area contributed by atoms with Crippen LogP contribution >= 0.6 is 11.8 Å². The minimum Gasteiger partial charge on any atom is -0.162 e. The summed E-state index contributed by atoms with van der Waals surface area (Å²) in [6.07, 6.45) is 2.13. The maximum atomic E-state index is 8.07. The van der Waals surface area contributed by atoms with E-state index in [1.165, 1.54) is 0 Å². The zero-order valence-corrected chi connectivity index (χ0v) is 5.97. The van der Waals surface area contributed by atoms with E-state index < -0.39 is 0 Å². The molecule has 1 fully saturated rings. The zero-order valence-electron chi connectivity index (χ0n) is 5.16. The van der Waals surface area contributed by atoms with Gasteiger partial charge in [0.1, 0.15) is 0 Å². The van der Waals surface area contributed by atoms with Crippen LogP contribution in [0, 0.1) is 0 Å². The molecule has 0 unspecified atom stereocenters. The monoisotopic (exact) mass is 143 g/mol. The van der Waals surface area contributed by atoms with Crippen LogP contribution in [0.2, 0.25) is 0 Å². The highest BCUT2D eigenvalue weighted by Crippen LogP contribution is 2.19.